The van der Waals surface area contributed by atoms with Gasteiger partial charge in [0.1, 0.15) is 36.3 Å². The molecule has 0 aliphatic carbocycles. The van der Waals surface area contributed by atoms with Crippen molar-refractivity contribution in [1.82, 2.24) is 0 Å². The van der Waals surface area contributed by atoms with Crippen molar-refractivity contribution in [2.45, 2.75) is 36.8 Å². The Balaban J connectivity index is 1.83. The minimum atomic E-state index is -1.60. The van der Waals surface area contributed by atoms with Crippen molar-refractivity contribution >= 4 is 5.78 Å². The highest BCUT2D eigenvalue weighted by Crippen LogP contribution is 2.31. The second kappa shape index (κ2) is 8.78. The molecule has 8 nitrogen and oxygen atoms in total. The Kier molecular flexibility index (Phi) is 6.40. The Morgan fingerprint density at radius 1 is 0.964 bits per heavy atom. The molecule has 1 saturated heterocycles. The molecule has 1 aliphatic rings. The van der Waals surface area contributed by atoms with Crippen LogP contribution in [0.5, 0.6) is 5.75 Å². The molecule has 28 heavy (non-hydrogen) atoms. The summed E-state index contributed by atoms with van der Waals surface area (Å²) in [6.07, 6.45) is -8.79. The van der Waals surface area contributed by atoms with Crippen molar-refractivity contribution < 1.29 is 39.8 Å². The van der Waals surface area contributed by atoms with Gasteiger partial charge >= 0.3 is 0 Å². The van der Waals surface area contributed by atoms with Crippen LogP contribution in [0.2, 0.25) is 0 Å². The number of ketones is 1. The molecule has 6 atom stereocenters. The lowest BCUT2D eigenvalue weighted by Crippen LogP contribution is -2.60. The van der Waals surface area contributed by atoms with Gasteiger partial charge < -0.3 is 35.0 Å². The molecule has 0 spiro atoms. The highest BCUT2D eigenvalue weighted by atomic mass is 16.7. The van der Waals surface area contributed by atoms with Crippen LogP contribution in [0.3, 0.4) is 0 Å². The number of carbonyl (C=O) groups is 1. The van der Waals surface area contributed by atoms with Gasteiger partial charge in [0, 0.05) is 11.1 Å². The quantitative estimate of drug-likeness (QED) is 0.427. The first-order valence-corrected chi connectivity index (χ1v) is 8.77. The number of ether oxygens (including phenoxy) is 2. The van der Waals surface area contributed by atoms with E-state index >= 15 is 0 Å². The van der Waals surface area contributed by atoms with E-state index in [1.165, 1.54) is 12.1 Å². The van der Waals surface area contributed by atoms with E-state index in [-0.39, 0.29) is 11.3 Å². The minimum Gasteiger partial charge on any atom is -0.462 e. The summed E-state index contributed by atoms with van der Waals surface area (Å²) in [6, 6.07) is 14.4. The molecule has 2 aromatic rings. The van der Waals surface area contributed by atoms with Gasteiger partial charge in [-0.15, -0.1) is 0 Å². The number of hydrogen-bond donors (Lipinski definition) is 5. The standard InChI is InChI=1S/C20H22O8/c21-10-14-17(24)18(25)19(26)20(28-14)27-13-9-5-4-8-12(13)16(23)15(22)11-6-2-1-3-7-11/h1-9,14,16-21,23-26H,10H2/t14-,16?,17-,18+,19-,20?/m1/s1. The Labute approximate surface area is 161 Å². The summed E-state index contributed by atoms with van der Waals surface area (Å²) >= 11 is 0. The van der Waals surface area contributed by atoms with Crippen molar-refractivity contribution in [2.75, 3.05) is 6.61 Å². The fourth-order valence-corrected chi connectivity index (χ4v) is 3.01. The summed E-state index contributed by atoms with van der Waals surface area (Å²) < 4.78 is 10.9. The fraction of sp³-hybridized carbons (Fsp3) is 0.350. The van der Waals surface area contributed by atoms with Crippen LogP contribution >= 0.6 is 0 Å². The summed E-state index contributed by atoms with van der Waals surface area (Å²) in [6.45, 7) is -0.596. The molecule has 8 heteroatoms. The second-order valence-corrected chi connectivity index (χ2v) is 6.49. The number of rotatable bonds is 6. The SMILES string of the molecule is O=C(c1ccccc1)C(O)c1ccccc1OC1O[C@H](CO)[C@@H](O)[C@H](O)[C@H]1O. The fourth-order valence-electron chi connectivity index (χ4n) is 3.01. The van der Waals surface area contributed by atoms with Crippen molar-refractivity contribution in [3.63, 3.8) is 0 Å². The third-order valence-electron chi connectivity index (χ3n) is 4.61. The largest absolute Gasteiger partial charge is 0.462 e. The van der Waals surface area contributed by atoms with Crippen LogP contribution in [0.15, 0.2) is 54.6 Å². The zero-order chi connectivity index (χ0) is 20.3. The number of aliphatic hydroxyl groups is 5. The van der Waals surface area contributed by atoms with Gasteiger partial charge in [-0.3, -0.25) is 4.79 Å². The molecular weight excluding hydrogens is 368 g/mol. The summed E-state index contributed by atoms with van der Waals surface area (Å²) in [4.78, 5) is 12.6. The number of aliphatic hydroxyl groups excluding tert-OH is 5. The lowest BCUT2D eigenvalue weighted by Gasteiger charge is -2.39. The second-order valence-electron chi connectivity index (χ2n) is 6.49. The first-order chi connectivity index (χ1) is 13.4. The molecule has 1 heterocycles. The summed E-state index contributed by atoms with van der Waals surface area (Å²) in [7, 11) is 0. The molecule has 2 unspecified atom stereocenters. The highest BCUT2D eigenvalue weighted by Gasteiger charge is 2.45. The molecular formula is C20H22O8. The lowest BCUT2D eigenvalue weighted by atomic mass is 9.98. The zero-order valence-electron chi connectivity index (χ0n) is 14.8. The molecule has 0 aromatic heterocycles. The molecule has 0 radical (unpaired) electrons. The highest BCUT2D eigenvalue weighted by molar-refractivity contribution is 6.00. The third kappa shape index (κ3) is 4.07. The summed E-state index contributed by atoms with van der Waals surface area (Å²) in [5, 5.41) is 49.7. The van der Waals surface area contributed by atoms with Crippen molar-refractivity contribution in [1.29, 1.82) is 0 Å². The predicted octanol–water partition coefficient (Wildman–Crippen LogP) is -0.218. The monoisotopic (exact) mass is 390 g/mol. The van der Waals surface area contributed by atoms with Crippen molar-refractivity contribution in [3.8, 4) is 5.75 Å². The third-order valence-corrected chi connectivity index (χ3v) is 4.61. The maximum atomic E-state index is 12.6. The topological polar surface area (TPSA) is 137 Å². The maximum Gasteiger partial charge on any atom is 0.229 e. The average Bonchev–Trinajstić information content (AvgIpc) is 2.74. The molecule has 1 fully saturated rings. The molecule has 2 aromatic carbocycles. The number of benzene rings is 2. The van der Waals surface area contributed by atoms with Crippen LogP contribution in [-0.2, 0) is 4.74 Å². The first kappa shape index (κ1) is 20.4. The Bertz CT molecular complexity index is 794. The van der Waals surface area contributed by atoms with Crippen molar-refractivity contribution in [2.24, 2.45) is 0 Å². The van der Waals surface area contributed by atoms with E-state index in [1.807, 2.05) is 0 Å². The van der Waals surface area contributed by atoms with E-state index in [1.54, 1.807) is 42.5 Å². The Hall–Kier alpha value is -2.33. The molecule has 3 rings (SSSR count). The van der Waals surface area contributed by atoms with Gasteiger partial charge in [-0.05, 0) is 6.07 Å². The van der Waals surface area contributed by atoms with Gasteiger partial charge in [0.15, 0.2) is 5.78 Å². The molecule has 0 bridgehead atoms. The Morgan fingerprint density at radius 2 is 1.61 bits per heavy atom. The molecule has 0 amide bonds. The zero-order valence-corrected chi connectivity index (χ0v) is 14.8. The lowest BCUT2D eigenvalue weighted by molar-refractivity contribution is -0.277. The maximum absolute atomic E-state index is 12.6. The smallest absolute Gasteiger partial charge is 0.229 e. The van der Waals surface area contributed by atoms with Crippen LogP contribution in [0.1, 0.15) is 22.0 Å². The van der Waals surface area contributed by atoms with Crippen LogP contribution in [0, 0.1) is 0 Å². The van der Waals surface area contributed by atoms with E-state index in [4.69, 9.17) is 9.47 Å². The van der Waals surface area contributed by atoms with Crippen LogP contribution in [-0.4, -0.2) is 68.6 Å². The van der Waals surface area contributed by atoms with E-state index < -0.39 is 49.2 Å². The normalized spacial score (nSPS) is 28.5. The van der Waals surface area contributed by atoms with E-state index in [0.29, 0.717) is 5.56 Å². The van der Waals surface area contributed by atoms with Gasteiger partial charge in [0.25, 0.3) is 0 Å². The number of Topliss-reactive ketones (excluding diaryl/α,β-unsaturated/α-hetero) is 1. The summed E-state index contributed by atoms with van der Waals surface area (Å²) in [5.74, 6) is -0.478. The van der Waals surface area contributed by atoms with Crippen LogP contribution in [0.25, 0.3) is 0 Å². The van der Waals surface area contributed by atoms with Gasteiger partial charge in [-0.25, -0.2) is 0 Å². The first-order valence-electron chi connectivity index (χ1n) is 8.77. The van der Waals surface area contributed by atoms with Gasteiger partial charge in [-0.2, -0.15) is 0 Å². The van der Waals surface area contributed by atoms with Crippen LogP contribution in [0.4, 0.5) is 0 Å². The number of para-hydroxylation sites is 1. The molecule has 1 aliphatic heterocycles. The average molecular weight is 390 g/mol. The number of hydrogen-bond acceptors (Lipinski definition) is 8. The van der Waals surface area contributed by atoms with Crippen LogP contribution < -0.4 is 4.74 Å². The molecule has 150 valence electrons. The molecule has 0 saturated carbocycles. The number of carbonyl (C=O) groups excluding carboxylic acids is 1. The Morgan fingerprint density at radius 3 is 2.29 bits per heavy atom. The summed E-state index contributed by atoms with van der Waals surface area (Å²) in [5.41, 5.74) is 0.464. The van der Waals surface area contributed by atoms with E-state index in [0.717, 1.165) is 0 Å². The van der Waals surface area contributed by atoms with E-state index in [9.17, 15) is 30.3 Å². The predicted molar refractivity (Wildman–Crippen MR) is 96.6 cm³/mol. The molecule has 5 N–H and O–H groups in total. The van der Waals surface area contributed by atoms with E-state index in [2.05, 4.69) is 0 Å². The van der Waals surface area contributed by atoms with Gasteiger partial charge in [-0.1, -0.05) is 48.5 Å². The van der Waals surface area contributed by atoms with Crippen molar-refractivity contribution in [3.05, 3.63) is 65.7 Å². The van der Waals surface area contributed by atoms with Gasteiger partial charge in [0.05, 0.1) is 6.61 Å². The van der Waals surface area contributed by atoms with Gasteiger partial charge in [0.2, 0.25) is 6.29 Å². The minimum absolute atomic E-state index is 0.0589.